The van der Waals surface area contributed by atoms with Crippen LogP contribution in [0.25, 0.3) is 0 Å². The second-order valence-corrected chi connectivity index (χ2v) is 4.33. The topological polar surface area (TPSA) is 39.1 Å². The van der Waals surface area contributed by atoms with Gasteiger partial charge >= 0.3 is 0 Å². The standard InChI is InChI=1S/C15H23N3/c1-4-13(11-12-16)17-14-7-9-15(10-8-14)18(5-2)6-3/h7-10,13,17H,4-6,11H2,1-3H3. The fourth-order valence-electron chi connectivity index (χ4n) is 2.00. The molecule has 0 radical (unpaired) electrons. The molecule has 1 unspecified atom stereocenters. The van der Waals surface area contributed by atoms with Crippen molar-refractivity contribution in [2.24, 2.45) is 0 Å². The van der Waals surface area contributed by atoms with Crippen molar-refractivity contribution in [2.45, 2.75) is 39.7 Å². The van der Waals surface area contributed by atoms with Crippen molar-refractivity contribution in [1.29, 1.82) is 5.26 Å². The maximum absolute atomic E-state index is 8.73. The van der Waals surface area contributed by atoms with E-state index in [1.807, 2.05) is 0 Å². The van der Waals surface area contributed by atoms with Gasteiger partial charge in [-0.3, -0.25) is 0 Å². The minimum atomic E-state index is 0.245. The number of nitrogens with one attached hydrogen (secondary N) is 1. The van der Waals surface area contributed by atoms with Crippen molar-refractivity contribution in [1.82, 2.24) is 0 Å². The van der Waals surface area contributed by atoms with Crippen LogP contribution in [0.2, 0.25) is 0 Å². The summed E-state index contributed by atoms with van der Waals surface area (Å²) < 4.78 is 0. The molecule has 0 bridgehead atoms. The normalized spacial score (nSPS) is 11.7. The molecule has 1 atom stereocenters. The van der Waals surface area contributed by atoms with Crippen molar-refractivity contribution >= 4 is 11.4 Å². The lowest BCUT2D eigenvalue weighted by atomic mass is 10.1. The molecule has 0 aromatic heterocycles. The molecular weight excluding hydrogens is 222 g/mol. The van der Waals surface area contributed by atoms with E-state index in [-0.39, 0.29) is 6.04 Å². The van der Waals surface area contributed by atoms with Crippen molar-refractivity contribution in [3.63, 3.8) is 0 Å². The highest BCUT2D eigenvalue weighted by Crippen LogP contribution is 2.19. The molecule has 1 rings (SSSR count). The molecule has 18 heavy (non-hydrogen) atoms. The first kappa shape index (κ1) is 14.4. The molecule has 0 aliphatic heterocycles. The Morgan fingerprint density at radius 3 is 2.22 bits per heavy atom. The van der Waals surface area contributed by atoms with Crippen LogP contribution in [0.3, 0.4) is 0 Å². The van der Waals surface area contributed by atoms with Gasteiger partial charge in [0.25, 0.3) is 0 Å². The Bertz CT molecular complexity index is 374. The highest BCUT2D eigenvalue weighted by atomic mass is 15.1. The van der Waals surface area contributed by atoms with Crippen LogP contribution in [0.15, 0.2) is 24.3 Å². The molecule has 3 nitrogen and oxygen atoms in total. The van der Waals surface area contributed by atoms with Crippen LogP contribution >= 0.6 is 0 Å². The van der Waals surface area contributed by atoms with Crippen LogP contribution in [0.1, 0.15) is 33.6 Å². The summed E-state index contributed by atoms with van der Waals surface area (Å²) in [5.74, 6) is 0. The van der Waals surface area contributed by atoms with E-state index in [1.165, 1.54) is 5.69 Å². The summed E-state index contributed by atoms with van der Waals surface area (Å²) in [6.07, 6.45) is 1.51. The number of anilines is 2. The van der Waals surface area contributed by atoms with E-state index in [4.69, 9.17) is 5.26 Å². The van der Waals surface area contributed by atoms with Crippen LogP contribution in [-0.4, -0.2) is 19.1 Å². The van der Waals surface area contributed by atoms with Gasteiger partial charge in [0.1, 0.15) is 0 Å². The molecule has 98 valence electrons. The Labute approximate surface area is 110 Å². The van der Waals surface area contributed by atoms with E-state index in [0.29, 0.717) is 6.42 Å². The zero-order chi connectivity index (χ0) is 13.4. The van der Waals surface area contributed by atoms with Gasteiger partial charge in [-0.2, -0.15) is 5.26 Å². The lowest BCUT2D eigenvalue weighted by Crippen LogP contribution is -2.22. The molecule has 0 fully saturated rings. The van der Waals surface area contributed by atoms with Crippen molar-refractivity contribution in [3.05, 3.63) is 24.3 Å². The van der Waals surface area contributed by atoms with Crippen LogP contribution in [0, 0.1) is 11.3 Å². The van der Waals surface area contributed by atoms with Crippen molar-refractivity contribution in [3.8, 4) is 6.07 Å². The summed E-state index contributed by atoms with van der Waals surface area (Å²) in [5.41, 5.74) is 2.34. The predicted octanol–water partition coefficient (Wildman–Crippen LogP) is 3.64. The van der Waals surface area contributed by atoms with E-state index in [1.54, 1.807) is 0 Å². The Kier molecular flexibility index (Phi) is 6.07. The van der Waals surface area contributed by atoms with E-state index < -0.39 is 0 Å². The highest BCUT2D eigenvalue weighted by Gasteiger charge is 2.06. The number of hydrogen-bond acceptors (Lipinski definition) is 3. The predicted molar refractivity (Wildman–Crippen MR) is 77.9 cm³/mol. The molecule has 1 N–H and O–H groups in total. The fourth-order valence-corrected chi connectivity index (χ4v) is 2.00. The van der Waals surface area contributed by atoms with Gasteiger partial charge in [0.05, 0.1) is 12.5 Å². The summed E-state index contributed by atoms with van der Waals surface area (Å²) in [7, 11) is 0. The van der Waals surface area contributed by atoms with Gasteiger partial charge in [-0.15, -0.1) is 0 Å². The monoisotopic (exact) mass is 245 g/mol. The van der Waals surface area contributed by atoms with E-state index >= 15 is 0 Å². The van der Waals surface area contributed by atoms with Gasteiger partial charge in [0.2, 0.25) is 0 Å². The average Bonchev–Trinajstić information content (AvgIpc) is 2.41. The van der Waals surface area contributed by atoms with Crippen LogP contribution in [0.5, 0.6) is 0 Å². The average molecular weight is 245 g/mol. The Morgan fingerprint density at radius 2 is 1.78 bits per heavy atom. The van der Waals surface area contributed by atoms with Crippen LogP contribution in [-0.2, 0) is 0 Å². The molecule has 1 aromatic rings. The molecular formula is C15H23N3. The number of benzene rings is 1. The molecule has 0 aliphatic rings. The summed E-state index contributed by atoms with van der Waals surface area (Å²) >= 11 is 0. The number of nitriles is 1. The highest BCUT2D eigenvalue weighted by molar-refractivity contribution is 5.55. The third-order valence-electron chi connectivity index (χ3n) is 3.20. The van der Waals surface area contributed by atoms with E-state index in [0.717, 1.165) is 25.2 Å². The van der Waals surface area contributed by atoms with Gasteiger partial charge in [-0.25, -0.2) is 0 Å². The molecule has 1 aromatic carbocycles. The Morgan fingerprint density at radius 1 is 1.17 bits per heavy atom. The van der Waals surface area contributed by atoms with E-state index in [2.05, 4.69) is 61.3 Å². The zero-order valence-corrected chi connectivity index (χ0v) is 11.6. The van der Waals surface area contributed by atoms with Gasteiger partial charge in [0.15, 0.2) is 0 Å². The van der Waals surface area contributed by atoms with Gasteiger partial charge in [-0.05, 0) is 44.5 Å². The van der Waals surface area contributed by atoms with Crippen molar-refractivity contribution in [2.75, 3.05) is 23.3 Å². The minimum absolute atomic E-state index is 0.245. The lowest BCUT2D eigenvalue weighted by molar-refractivity contribution is 0.711. The van der Waals surface area contributed by atoms with Crippen molar-refractivity contribution < 1.29 is 0 Å². The third kappa shape index (κ3) is 3.96. The van der Waals surface area contributed by atoms with Crippen LogP contribution in [0.4, 0.5) is 11.4 Å². The first-order valence-corrected chi connectivity index (χ1v) is 6.73. The van der Waals surface area contributed by atoms with Gasteiger partial charge < -0.3 is 10.2 Å². The van der Waals surface area contributed by atoms with E-state index in [9.17, 15) is 0 Å². The maximum Gasteiger partial charge on any atom is 0.0643 e. The Balaban J connectivity index is 2.68. The molecule has 0 heterocycles. The lowest BCUT2D eigenvalue weighted by Gasteiger charge is -2.22. The smallest absolute Gasteiger partial charge is 0.0643 e. The molecule has 3 heteroatoms. The first-order valence-electron chi connectivity index (χ1n) is 6.73. The zero-order valence-electron chi connectivity index (χ0n) is 11.6. The summed E-state index contributed by atoms with van der Waals surface area (Å²) in [4.78, 5) is 2.32. The largest absolute Gasteiger partial charge is 0.381 e. The molecule has 0 aliphatic carbocycles. The second-order valence-electron chi connectivity index (χ2n) is 4.33. The summed E-state index contributed by atoms with van der Waals surface area (Å²) in [5, 5.41) is 12.1. The number of hydrogen-bond donors (Lipinski definition) is 1. The number of rotatable bonds is 7. The fraction of sp³-hybridized carbons (Fsp3) is 0.533. The van der Waals surface area contributed by atoms with Crippen LogP contribution < -0.4 is 10.2 Å². The maximum atomic E-state index is 8.73. The summed E-state index contributed by atoms with van der Waals surface area (Å²) in [6.45, 7) is 8.47. The van der Waals surface area contributed by atoms with Gasteiger partial charge in [0, 0.05) is 30.5 Å². The minimum Gasteiger partial charge on any atom is -0.381 e. The SMILES string of the molecule is CCC(CC#N)Nc1ccc(N(CC)CC)cc1. The third-order valence-corrected chi connectivity index (χ3v) is 3.20. The Hall–Kier alpha value is -1.69. The number of nitrogens with zero attached hydrogens (tertiary/aromatic N) is 2. The summed E-state index contributed by atoms with van der Waals surface area (Å²) in [6, 6.07) is 10.9. The first-order chi connectivity index (χ1) is 8.74. The second kappa shape index (κ2) is 7.60. The molecule has 0 amide bonds. The molecule has 0 saturated heterocycles. The molecule has 0 saturated carbocycles. The molecule has 0 spiro atoms. The quantitative estimate of drug-likeness (QED) is 0.797. The van der Waals surface area contributed by atoms with Gasteiger partial charge in [-0.1, -0.05) is 6.92 Å².